The van der Waals surface area contributed by atoms with Crippen molar-refractivity contribution in [2.75, 3.05) is 12.4 Å². The van der Waals surface area contributed by atoms with E-state index in [9.17, 15) is 13.2 Å². The van der Waals surface area contributed by atoms with Crippen LogP contribution in [0.2, 0.25) is 0 Å². The zero-order chi connectivity index (χ0) is 16.2. The minimum Gasteiger partial charge on any atom is -0.301 e. The third kappa shape index (κ3) is 4.33. The van der Waals surface area contributed by atoms with Gasteiger partial charge in [0.1, 0.15) is 5.01 Å². The summed E-state index contributed by atoms with van der Waals surface area (Å²) in [5.74, 6) is -0.150. The largest absolute Gasteiger partial charge is 0.301 e. The van der Waals surface area contributed by atoms with E-state index in [1.807, 2.05) is 6.92 Å². The molecule has 0 atom stereocenters. The van der Waals surface area contributed by atoms with Crippen molar-refractivity contribution in [2.45, 2.75) is 24.7 Å². The number of rotatable bonds is 6. The number of benzene rings is 1. The first-order valence-electron chi connectivity index (χ1n) is 6.53. The van der Waals surface area contributed by atoms with Gasteiger partial charge < -0.3 is 5.32 Å². The molecule has 0 bridgehead atoms. The highest BCUT2D eigenvalue weighted by Crippen LogP contribution is 2.15. The van der Waals surface area contributed by atoms with Crippen molar-refractivity contribution in [3.63, 3.8) is 0 Å². The Hall–Kier alpha value is -1.84. The number of hydrogen-bond acceptors (Lipinski definition) is 6. The lowest BCUT2D eigenvalue weighted by Gasteiger charge is -2.05. The Labute approximate surface area is 132 Å². The second-order valence-electron chi connectivity index (χ2n) is 4.53. The standard InChI is InChI=1S/C13H16N4O3S2/c1-9-16-17-13(21-9)15-12(18)8-5-10-3-6-11(7-4-10)22(19,20)14-2/h3-4,6-7,14H,5,8H2,1-2H3,(H,15,17,18). The predicted molar refractivity (Wildman–Crippen MR) is 84.3 cm³/mol. The highest BCUT2D eigenvalue weighted by Gasteiger charge is 2.11. The SMILES string of the molecule is CNS(=O)(=O)c1ccc(CCC(=O)Nc2nnc(C)s2)cc1. The van der Waals surface area contributed by atoms with Gasteiger partial charge in [0, 0.05) is 6.42 Å². The van der Waals surface area contributed by atoms with Crippen LogP contribution in [0.5, 0.6) is 0 Å². The lowest BCUT2D eigenvalue weighted by molar-refractivity contribution is -0.116. The second kappa shape index (κ2) is 6.95. The van der Waals surface area contributed by atoms with Crippen molar-refractivity contribution in [2.24, 2.45) is 0 Å². The maximum absolute atomic E-state index is 11.8. The van der Waals surface area contributed by atoms with Crippen molar-refractivity contribution in [1.29, 1.82) is 0 Å². The molecule has 0 aliphatic carbocycles. The Bertz CT molecular complexity index is 754. The minimum atomic E-state index is -3.43. The van der Waals surface area contributed by atoms with Gasteiger partial charge in [0.15, 0.2) is 0 Å². The quantitative estimate of drug-likeness (QED) is 0.826. The third-order valence-corrected chi connectivity index (χ3v) is 5.10. The number of nitrogens with one attached hydrogen (secondary N) is 2. The van der Waals surface area contributed by atoms with Gasteiger partial charge in [-0.05, 0) is 38.1 Å². The van der Waals surface area contributed by atoms with Crippen molar-refractivity contribution >= 4 is 32.4 Å². The monoisotopic (exact) mass is 340 g/mol. The molecule has 0 unspecified atom stereocenters. The van der Waals surface area contributed by atoms with Gasteiger partial charge in [-0.15, -0.1) is 10.2 Å². The van der Waals surface area contributed by atoms with Crippen molar-refractivity contribution in [1.82, 2.24) is 14.9 Å². The van der Waals surface area contributed by atoms with Crippen LogP contribution in [0.1, 0.15) is 17.0 Å². The number of amides is 1. The van der Waals surface area contributed by atoms with E-state index in [0.717, 1.165) is 10.6 Å². The molecule has 0 aliphatic rings. The van der Waals surface area contributed by atoms with Crippen LogP contribution in [0.25, 0.3) is 0 Å². The molecule has 1 amide bonds. The summed E-state index contributed by atoms with van der Waals surface area (Å²) in [6.07, 6.45) is 0.806. The first kappa shape index (κ1) is 16.5. The molecular formula is C13H16N4O3S2. The fraction of sp³-hybridized carbons (Fsp3) is 0.308. The molecule has 1 heterocycles. The van der Waals surface area contributed by atoms with Crippen molar-refractivity contribution in [3.05, 3.63) is 34.8 Å². The fourth-order valence-corrected chi connectivity index (χ4v) is 3.08. The minimum absolute atomic E-state index is 0.150. The molecule has 22 heavy (non-hydrogen) atoms. The summed E-state index contributed by atoms with van der Waals surface area (Å²) in [7, 11) is -2.06. The molecule has 0 saturated heterocycles. The maximum Gasteiger partial charge on any atom is 0.240 e. The van der Waals surface area contributed by atoms with Crippen LogP contribution in [-0.2, 0) is 21.2 Å². The zero-order valence-electron chi connectivity index (χ0n) is 12.2. The first-order valence-corrected chi connectivity index (χ1v) is 8.83. The van der Waals surface area contributed by atoms with E-state index in [0.29, 0.717) is 11.6 Å². The van der Waals surface area contributed by atoms with Crippen LogP contribution in [0.15, 0.2) is 29.2 Å². The number of hydrogen-bond donors (Lipinski definition) is 2. The van der Waals surface area contributed by atoms with Crippen LogP contribution in [0.3, 0.4) is 0 Å². The molecule has 9 heteroatoms. The number of carbonyl (C=O) groups excluding carboxylic acids is 1. The normalized spacial score (nSPS) is 11.4. The molecule has 0 radical (unpaired) electrons. The molecule has 2 rings (SSSR count). The van der Waals surface area contributed by atoms with Crippen molar-refractivity contribution < 1.29 is 13.2 Å². The van der Waals surface area contributed by atoms with E-state index in [4.69, 9.17) is 0 Å². The third-order valence-electron chi connectivity index (χ3n) is 2.92. The lowest BCUT2D eigenvalue weighted by atomic mass is 10.1. The topological polar surface area (TPSA) is 101 Å². The lowest BCUT2D eigenvalue weighted by Crippen LogP contribution is -2.18. The van der Waals surface area contributed by atoms with Gasteiger partial charge in [-0.25, -0.2) is 13.1 Å². The smallest absolute Gasteiger partial charge is 0.240 e. The molecule has 118 valence electrons. The molecule has 0 spiro atoms. The van der Waals surface area contributed by atoms with E-state index < -0.39 is 10.0 Å². The molecule has 1 aromatic heterocycles. The molecule has 1 aromatic carbocycles. The van der Waals surface area contributed by atoms with E-state index in [1.165, 1.54) is 30.5 Å². The highest BCUT2D eigenvalue weighted by atomic mass is 32.2. The summed E-state index contributed by atoms with van der Waals surface area (Å²) < 4.78 is 25.4. The zero-order valence-corrected chi connectivity index (χ0v) is 13.8. The Morgan fingerprint density at radius 2 is 1.91 bits per heavy atom. The number of anilines is 1. The predicted octanol–water partition coefficient (Wildman–Crippen LogP) is 1.33. The van der Waals surface area contributed by atoms with Crippen LogP contribution in [0.4, 0.5) is 5.13 Å². The van der Waals surface area contributed by atoms with Crippen molar-refractivity contribution in [3.8, 4) is 0 Å². The summed E-state index contributed by atoms with van der Waals surface area (Å²) in [4.78, 5) is 12.0. The van der Waals surface area contributed by atoms with Gasteiger partial charge >= 0.3 is 0 Å². The molecule has 2 N–H and O–H groups in total. The number of aromatic nitrogens is 2. The summed E-state index contributed by atoms with van der Waals surface area (Å²) in [6, 6.07) is 6.44. The molecule has 0 aliphatic heterocycles. The van der Waals surface area contributed by atoms with E-state index in [1.54, 1.807) is 12.1 Å². The van der Waals surface area contributed by atoms with Gasteiger partial charge in [0.05, 0.1) is 4.90 Å². The number of sulfonamides is 1. The molecule has 0 fully saturated rings. The molecular weight excluding hydrogens is 324 g/mol. The fourth-order valence-electron chi connectivity index (χ4n) is 1.74. The molecule has 2 aromatic rings. The first-order chi connectivity index (χ1) is 10.4. The second-order valence-corrected chi connectivity index (χ2v) is 7.59. The Balaban J connectivity index is 1.90. The molecule has 0 saturated carbocycles. The summed E-state index contributed by atoms with van der Waals surface area (Å²) in [6.45, 7) is 1.81. The van der Waals surface area contributed by atoms with Crippen LogP contribution in [-0.4, -0.2) is 31.6 Å². The van der Waals surface area contributed by atoms with Crippen LogP contribution < -0.4 is 10.0 Å². The Kier molecular flexibility index (Phi) is 5.22. The van der Waals surface area contributed by atoms with Gasteiger partial charge in [-0.2, -0.15) is 0 Å². The Morgan fingerprint density at radius 3 is 2.45 bits per heavy atom. The average Bonchev–Trinajstić information content (AvgIpc) is 2.90. The summed E-state index contributed by atoms with van der Waals surface area (Å²) >= 11 is 1.32. The maximum atomic E-state index is 11.8. The Morgan fingerprint density at radius 1 is 1.23 bits per heavy atom. The van der Waals surface area contributed by atoms with Gasteiger partial charge in [-0.1, -0.05) is 23.5 Å². The highest BCUT2D eigenvalue weighted by molar-refractivity contribution is 7.89. The van der Waals surface area contributed by atoms with E-state index in [-0.39, 0.29) is 17.2 Å². The van der Waals surface area contributed by atoms with Gasteiger partial charge in [0.25, 0.3) is 0 Å². The van der Waals surface area contributed by atoms with Gasteiger partial charge in [-0.3, -0.25) is 4.79 Å². The number of aryl methyl sites for hydroxylation is 2. The molecule has 7 nitrogen and oxygen atoms in total. The average molecular weight is 340 g/mol. The summed E-state index contributed by atoms with van der Waals surface area (Å²) in [5.41, 5.74) is 0.888. The van der Waals surface area contributed by atoms with E-state index >= 15 is 0 Å². The number of carbonyl (C=O) groups is 1. The summed E-state index contributed by atoms with van der Waals surface area (Å²) in [5, 5.41) is 11.6. The van der Waals surface area contributed by atoms with Gasteiger partial charge in [0.2, 0.25) is 21.1 Å². The van der Waals surface area contributed by atoms with Crippen LogP contribution in [0, 0.1) is 6.92 Å². The number of nitrogens with zero attached hydrogens (tertiary/aromatic N) is 2. The van der Waals surface area contributed by atoms with E-state index in [2.05, 4.69) is 20.2 Å². The van der Waals surface area contributed by atoms with Crippen LogP contribution >= 0.6 is 11.3 Å².